The maximum Gasteiger partial charge on any atom is 0.338 e. The molecular formula is C11H13F2NO4S. The second-order valence-electron chi connectivity index (χ2n) is 4.23. The van der Waals surface area contributed by atoms with Gasteiger partial charge >= 0.3 is 5.97 Å². The smallest absolute Gasteiger partial charge is 0.338 e. The zero-order chi connectivity index (χ0) is 14.8. The van der Waals surface area contributed by atoms with Gasteiger partial charge in [-0.3, -0.25) is 0 Å². The molecule has 1 aromatic carbocycles. The van der Waals surface area contributed by atoms with Gasteiger partial charge in [0, 0.05) is 12.3 Å². The molecule has 0 bridgehead atoms. The average molecular weight is 293 g/mol. The standard InChI is InChI=1S/C11H13F2NO4S/c1-6(5-19(2,17)18)14-8-4-3-7(11(15)16)9(12)10(8)13/h3-4,6,14H,5H2,1-2H3,(H,15,16). The highest BCUT2D eigenvalue weighted by molar-refractivity contribution is 7.90. The molecule has 1 rings (SSSR count). The third kappa shape index (κ3) is 4.16. The summed E-state index contributed by atoms with van der Waals surface area (Å²) in [5.74, 6) is -4.66. The molecule has 2 N–H and O–H groups in total. The Labute approximate surface area is 109 Å². The van der Waals surface area contributed by atoms with Crippen LogP contribution in [-0.2, 0) is 9.84 Å². The van der Waals surface area contributed by atoms with E-state index in [4.69, 9.17) is 5.11 Å². The number of carboxylic acids is 1. The van der Waals surface area contributed by atoms with Gasteiger partial charge in [0.2, 0.25) is 0 Å². The van der Waals surface area contributed by atoms with Crippen molar-refractivity contribution in [1.82, 2.24) is 0 Å². The molecule has 19 heavy (non-hydrogen) atoms. The first-order valence-electron chi connectivity index (χ1n) is 5.27. The number of halogens is 2. The van der Waals surface area contributed by atoms with E-state index in [1.54, 1.807) is 0 Å². The molecule has 0 fully saturated rings. The third-order valence-electron chi connectivity index (χ3n) is 2.27. The summed E-state index contributed by atoms with van der Waals surface area (Å²) in [5, 5.41) is 11.1. The van der Waals surface area contributed by atoms with E-state index in [0.717, 1.165) is 18.4 Å². The van der Waals surface area contributed by atoms with Crippen molar-refractivity contribution in [2.24, 2.45) is 0 Å². The lowest BCUT2D eigenvalue weighted by Gasteiger charge is -2.15. The first-order chi connectivity index (χ1) is 8.61. The molecule has 8 heteroatoms. The van der Waals surface area contributed by atoms with Crippen LogP contribution in [0.25, 0.3) is 0 Å². The van der Waals surface area contributed by atoms with E-state index >= 15 is 0 Å². The van der Waals surface area contributed by atoms with Crippen LogP contribution in [0.5, 0.6) is 0 Å². The highest BCUT2D eigenvalue weighted by Crippen LogP contribution is 2.21. The molecule has 0 amide bonds. The van der Waals surface area contributed by atoms with Crippen molar-refractivity contribution in [3.63, 3.8) is 0 Å². The zero-order valence-corrected chi connectivity index (χ0v) is 11.1. The molecule has 0 aromatic heterocycles. The van der Waals surface area contributed by atoms with Gasteiger partial charge in [-0.25, -0.2) is 22.0 Å². The van der Waals surface area contributed by atoms with E-state index in [2.05, 4.69) is 5.32 Å². The zero-order valence-electron chi connectivity index (χ0n) is 10.3. The van der Waals surface area contributed by atoms with Gasteiger partial charge in [-0.15, -0.1) is 0 Å². The number of carbonyl (C=O) groups is 1. The maximum atomic E-state index is 13.6. The number of hydrogen-bond donors (Lipinski definition) is 2. The Morgan fingerprint density at radius 1 is 1.37 bits per heavy atom. The van der Waals surface area contributed by atoms with Gasteiger partial charge in [-0.05, 0) is 19.1 Å². The van der Waals surface area contributed by atoms with Crippen molar-refractivity contribution in [2.45, 2.75) is 13.0 Å². The summed E-state index contributed by atoms with van der Waals surface area (Å²) in [5.41, 5.74) is -1.06. The number of anilines is 1. The summed E-state index contributed by atoms with van der Waals surface area (Å²) in [4.78, 5) is 10.6. The minimum absolute atomic E-state index is 0.255. The van der Waals surface area contributed by atoms with Gasteiger partial charge in [0.1, 0.15) is 9.84 Å². The van der Waals surface area contributed by atoms with Crippen molar-refractivity contribution in [2.75, 3.05) is 17.3 Å². The molecule has 0 saturated carbocycles. The summed E-state index contributed by atoms with van der Waals surface area (Å²) >= 11 is 0. The molecule has 0 heterocycles. The van der Waals surface area contributed by atoms with E-state index in [1.807, 2.05) is 0 Å². The molecular weight excluding hydrogens is 280 g/mol. The Morgan fingerprint density at radius 2 is 1.95 bits per heavy atom. The van der Waals surface area contributed by atoms with Gasteiger partial charge in [-0.1, -0.05) is 0 Å². The van der Waals surface area contributed by atoms with Crippen molar-refractivity contribution in [1.29, 1.82) is 0 Å². The SMILES string of the molecule is CC(CS(C)(=O)=O)Nc1ccc(C(=O)O)c(F)c1F. The van der Waals surface area contributed by atoms with E-state index in [1.165, 1.54) is 6.92 Å². The van der Waals surface area contributed by atoms with Crippen molar-refractivity contribution in [3.8, 4) is 0 Å². The fraction of sp³-hybridized carbons (Fsp3) is 0.364. The fourth-order valence-corrected chi connectivity index (χ4v) is 2.58. The Hall–Kier alpha value is -1.70. The number of nitrogens with one attached hydrogen (secondary N) is 1. The number of aromatic carboxylic acids is 1. The molecule has 1 aromatic rings. The normalized spacial score (nSPS) is 13.1. The Bertz CT molecular complexity index is 601. The first kappa shape index (κ1) is 15.4. The number of benzene rings is 1. The third-order valence-corrected chi connectivity index (χ3v) is 3.37. The fourth-order valence-electron chi connectivity index (χ4n) is 1.59. The summed E-state index contributed by atoms with van der Waals surface area (Å²) in [6.07, 6.45) is 1.02. The highest BCUT2D eigenvalue weighted by Gasteiger charge is 2.19. The largest absolute Gasteiger partial charge is 0.478 e. The molecule has 0 radical (unpaired) electrons. The van der Waals surface area contributed by atoms with Crippen molar-refractivity contribution < 1.29 is 27.1 Å². The van der Waals surface area contributed by atoms with Gasteiger partial charge in [0.25, 0.3) is 0 Å². The van der Waals surface area contributed by atoms with E-state index in [9.17, 15) is 22.0 Å². The number of sulfone groups is 1. The van der Waals surface area contributed by atoms with Crippen LogP contribution < -0.4 is 5.32 Å². The van der Waals surface area contributed by atoms with Crippen LogP contribution in [0.4, 0.5) is 14.5 Å². The minimum Gasteiger partial charge on any atom is -0.478 e. The molecule has 5 nitrogen and oxygen atoms in total. The summed E-state index contributed by atoms with van der Waals surface area (Å²) in [6.45, 7) is 1.49. The Balaban J connectivity index is 2.98. The molecule has 0 aliphatic carbocycles. The van der Waals surface area contributed by atoms with Crippen LogP contribution in [0.2, 0.25) is 0 Å². The predicted molar refractivity (Wildman–Crippen MR) is 66.1 cm³/mol. The monoisotopic (exact) mass is 293 g/mol. The minimum atomic E-state index is -3.26. The topological polar surface area (TPSA) is 83.5 Å². The lowest BCUT2D eigenvalue weighted by molar-refractivity contribution is 0.0690. The average Bonchev–Trinajstić information content (AvgIpc) is 2.21. The second kappa shape index (κ2) is 5.52. The summed E-state index contributed by atoms with van der Waals surface area (Å²) < 4.78 is 49.0. The van der Waals surface area contributed by atoms with E-state index in [-0.39, 0.29) is 11.4 Å². The number of rotatable bonds is 5. The molecule has 106 valence electrons. The maximum absolute atomic E-state index is 13.6. The molecule has 0 spiro atoms. The molecule has 1 unspecified atom stereocenters. The lowest BCUT2D eigenvalue weighted by Crippen LogP contribution is -2.25. The van der Waals surface area contributed by atoms with Crippen molar-refractivity contribution >= 4 is 21.5 Å². The van der Waals surface area contributed by atoms with Crippen LogP contribution in [0.15, 0.2) is 12.1 Å². The van der Waals surface area contributed by atoms with E-state index < -0.39 is 39.0 Å². The molecule has 0 aliphatic heterocycles. The van der Waals surface area contributed by atoms with Crippen LogP contribution in [0.3, 0.4) is 0 Å². The Morgan fingerprint density at radius 3 is 2.42 bits per heavy atom. The second-order valence-corrected chi connectivity index (χ2v) is 6.42. The summed E-state index contributed by atoms with van der Waals surface area (Å²) in [7, 11) is -3.26. The molecule has 0 saturated heterocycles. The first-order valence-corrected chi connectivity index (χ1v) is 7.33. The summed E-state index contributed by atoms with van der Waals surface area (Å²) in [6, 6.07) is 1.33. The van der Waals surface area contributed by atoms with Crippen LogP contribution >= 0.6 is 0 Å². The van der Waals surface area contributed by atoms with Crippen molar-refractivity contribution in [3.05, 3.63) is 29.3 Å². The van der Waals surface area contributed by atoms with Crippen LogP contribution in [-0.4, -0.2) is 37.5 Å². The van der Waals surface area contributed by atoms with Gasteiger partial charge in [-0.2, -0.15) is 0 Å². The Kier molecular flexibility index (Phi) is 4.46. The number of hydrogen-bond acceptors (Lipinski definition) is 4. The number of carboxylic acid groups (broad SMARTS) is 1. The van der Waals surface area contributed by atoms with Gasteiger partial charge in [0.15, 0.2) is 11.6 Å². The van der Waals surface area contributed by atoms with Gasteiger partial charge in [0.05, 0.1) is 17.0 Å². The quantitative estimate of drug-likeness (QED) is 0.859. The van der Waals surface area contributed by atoms with Crippen LogP contribution in [0.1, 0.15) is 17.3 Å². The lowest BCUT2D eigenvalue weighted by atomic mass is 10.1. The molecule has 1 atom stereocenters. The van der Waals surface area contributed by atoms with Gasteiger partial charge < -0.3 is 10.4 Å². The highest BCUT2D eigenvalue weighted by atomic mass is 32.2. The molecule has 0 aliphatic rings. The predicted octanol–water partition coefficient (Wildman–Crippen LogP) is 1.51. The van der Waals surface area contributed by atoms with E-state index in [0.29, 0.717) is 0 Å². The van der Waals surface area contributed by atoms with Crippen LogP contribution in [0, 0.1) is 11.6 Å².